The van der Waals surface area contributed by atoms with Crippen molar-refractivity contribution >= 4 is 0 Å². The summed E-state index contributed by atoms with van der Waals surface area (Å²) in [6.45, 7) is 2.30. The first-order valence-electron chi connectivity index (χ1n) is 5.91. The van der Waals surface area contributed by atoms with Crippen molar-refractivity contribution in [1.82, 2.24) is 4.90 Å². The summed E-state index contributed by atoms with van der Waals surface area (Å²) < 4.78 is 1.48. The molecule has 0 saturated heterocycles. The summed E-state index contributed by atoms with van der Waals surface area (Å²) in [5, 5.41) is 0. The quantitative estimate of drug-likeness (QED) is 0.754. The summed E-state index contributed by atoms with van der Waals surface area (Å²) in [7, 11) is 4.30. The maximum absolute atomic E-state index is 2.30. The Morgan fingerprint density at radius 1 is 1.18 bits per heavy atom. The Morgan fingerprint density at radius 2 is 1.82 bits per heavy atom. The molecule has 0 N–H and O–H groups in total. The van der Waals surface area contributed by atoms with Gasteiger partial charge in [-0.25, -0.2) is 0 Å². The second kappa shape index (κ2) is 4.93. The van der Waals surface area contributed by atoms with E-state index < -0.39 is 0 Å². The van der Waals surface area contributed by atoms with E-state index in [4.69, 9.17) is 0 Å². The zero-order chi connectivity index (χ0) is 12.5. The molecule has 0 saturated carbocycles. The third kappa shape index (κ3) is 2.20. The fraction of sp³-hybridized carbons (Fsp3) is 0.333. The van der Waals surface area contributed by atoms with Crippen LogP contribution in [-0.2, 0) is 26.0 Å². The Bertz CT molecular complexity index is 459. The second-order valence-electron chi connectivity index (χ2n) is 4.83. The van der Waals surface area contributed by atoms with Gasteiger partial charge in [-0.05, 0) is 0 Å². The molecule has 2 rings (SSSR count). The van der Waals surface area contributed by atoms with E-state index in [0.717, 1.165) is 6.42 Å². The van der Waals surface area contributed by atoms with Gasteiger partial charge in [0, 0.05) is 0 Å². The van der Waals surface area contributed by atoms with Crippen molar-refractivity contribution < 1.29 is 20.4 Å². The van der Waals surface area contributed by atoms with Gasteiger partial charge in [-0.3, -0.25) is 0 Å². The van der Waals surface area contributed by atoms with Crippen molar-refractivity contribution in [2.24, 2.45) is 0 Å². The van der Waals surface area contributed by atoms with Gasteiger partial charge in [0.05, 0.1) is 0 Å². The van der Waals surface area contributed by atoms with Crippen LogP contribution in [0.3, 0.4) is 0 Å². The third-order valence-corrected chi connectivity index (χ3v) is 4.43. The van der Waals surface area contributed by atoms with Crippen molar-refractivity contribution in [3.05, 3.63) is 57.5 Å². The number of benzene rings is 1. The maximum atomic E-state index is 2.30. The van der Waals surface area contributed by atoms with Gasteiger partial charge >= 0.3 is 116 Å². The van der Waals surface area contributed by atoms with E-state index in [1.54, 1.807) is 0 Å². The topological polar surface area (TPSA) is 3.24 Å². The van der Waals surface area contributed by atoms with E-state index in [2.05, 4.69) is 88.8 Å². The molecule has 1 aromatic carbocycles. The van der Waals surface area contributed by atoms with E-state index in [-0.39, 0.29) is 5.54 Å². The van der Waals surface area contributed by atoms with Crippen LogP contribution >= 0.6 is 0 Å². The van der Waals surface area contributed by atoms with Crippen molar-refractivity contribution in [2.75, 3.05) is 14.1 Å². The van der Waals surface area contributed by atoms with E-state index in [9.17, 15) is 0 Å². The molecule has 1 aliphatic carbocycles. The first kappa shape index (κ1) is 12.8. The predicted octanol–water partition coefficient (Wildman–Crippen LogP) is 3.22. The van der Waals surface area contributed by atoms with Gasteiger partial charge in [-0.15, -0.1) is 0 Å². The molecule has 0 spiro atoms. The molecule has 1 atom stereocenters. The van der Waals surface area contributed by atoms with Crippen LogP contribution in [0.2, 0.25) is 0 Å². The summed E-state index contributed by atoms with van der Waals surface area (Å²) in [4.78, 5) is 2.30. The molecule has 1 unspecified atom stereocenters. The van der Waals surface area contributed by atoms with Gasteiger partial charge in [0.1, 0.15) is 0 Å². The summed E-state index contributed by atoms with van der Waals surface area (Å²) in [6.07, 6.45) is 5.63. The van der Waals surface area contributed by atoms with Crippen LogP contribution in [0.25, 0.3) is 0 Å². The Hall–Kier alpha value is -0.626. The molecule has 1 aliphatic rings. The molecule has 0 amide bonds. The zero-order valence-corrected chi connectivity index (χ0v) is 12.3. The monoisotopic (exact) mass is 260 g/mol. The molecule has 0 bridgehead atoms. The number of rotatable bonds is 3. The fourth-order valence-electron chi connectivity index (χ4n) is 2.38. The minimum absolute atomic E-state index is 0.0294. The van der Waals surface area contributed by atoms with Crippen molar-refractivity contribution in [3.63, 3.8) is 0 Å². The zero-order valence-electron chi connectivity index (χ0n) is 10.7. The third-order valence-electron chi connectivity index (χ3n) is 3.69. The van der Waals surface area contributed by atoms with E-state index >= 15 is 0 Å². The van der Waals surface area contributed by atoms with Gasteiger partial charge < -0.3 is 0 Å². The normalized spacial score (nSPS) is 18.8. The van der Waals surface area contributed by atoms with E-state index in [0.29, 0.717) is 0 Å². The Labute approximate surface area is 116 Å². The van der Waals surface area contributed by atoms with E-state index in [1.807, 2.05) is 0 Å². The summed E-state index contributed by atoms with van der Waals surface area (Å²) in [5.41, 5.74) is 2.76. The molecule has 0 aliphatic heterocycles. The van der Waals surface area contributed by atoms with Crippen LogP contribution in [0.1, 0.15) is 18.9 Å². The number of hydrogen-bond donors (Lipinski definition) is 0. The van der Waals surface area contributed by atoms with Crippen LogP contribution in [0, 0.1) is 0 Å². The minimum atomic E-state index is -0.0294. The molecule has 0 radical (unpaired) electrons. The summed E-state index contributed by atoms with van der Waals surface area (Å²) in [6, 6.07) is 10.7. The average molecular weight is 260 g/mol. The second-order valence-corrected chi connectivity index (χ2v) is 5.77. The summed E-state index contributed by atoms with van der Waals surface area (Å²) in [5.74, 6) is 0. The van der Waals surface area contributed by atoms with Crippen LogP contribution in [0.15, 0.2) is 51.9 Å². The number of likely N-dealkylation sites (N-methyl/N-ethyl adjacent to an activating group) is 1. The Morgan fingerprint density at radius 3 is 2.29 bits per heavy atom. The molecule has 17 heavy (non-hydrogen) atoms. The first-order chi connectivity index (χ1) is 8.06. The molecule has 0 fully saturated rings. The van der Waals surface area contributed by atoms with Crippen LogP contribution in [0.5, 0.6) is 0 Å². The van der Waals surface area contributed by atoms with Gasteiger partial charge in [0.25, 0.3) is 0 Å². The number of nitrogens with zero attached hydrogens (tertiary/aromatic N) is 1. The fourth-order valence-corrected chi connectivity index (χ4v) is 3.07. The van der Waals surface area contributed by atoms with Crippen LogP contribution in [-0.4, -0.2) is 19.0 Å². The molecule has 2 heteroatoms. The van der Waals surface area contributed by atoms with Gasteiger partial charge in [0.2, 0.25) is 0 Å². The van der Waals surface area contributed by atoms with Crippen LogP contribution < -0.4 is 0 Å². The molecule has 1 aromatic rings. The molecule has 0 heterocycles. The first-order valence-corrected chi connectivity index (χ1v) is 6.69. The van der Waals surface area contributed by atoms with E-state index in [1.165, 1.54) is 15.0 Å². The number of allylic oxidation sites excluding steroid dienone is 2. The Balaban J connectivity index is 2.55. The standard InChI is InChI=1S/C15H18N.Ti/c1-15(16(2)3,14-11-7-8-12-14)13-9-5-4-6-10-13;/h4-7,9-11H,8H2,1-3H3;. The molecule has 1 nitrogen and oxygen atoms in total. The Kier molecular flexibility index (Phi) is 3.72. The van der Waals surface area contributed by atoms with Crippen molar-refractivity contribution in [3.8, 4) is 0 Å². The van der Waals surface area contributed by atoms with Gasteiger partial charge in [-0.1, -0.05) is 0 Å². The van der Waals surface area contributed by atoms with Crippen molar-refractivity contribution in [1.29, 1.82) is 0 Å². The summed E-state index contributed by atoms with van der Waals surface area (Å²) >= 11 is 2.24. The molecule has 87 valence electrons. The van der Waals surface area contributed by atoms with Crippen molar-refractivity contribution in [2.45, 2.75) is 18.9 Å². The number of hydrogen-bond acceptors (Lipinski definition) is 1. The predicted molar refractivity (Wildman–Crippen MR) is 68.3 cm³/mol. The SMILES string of the molecule is CN(C)C(C)(C1=[C]([Ti])CC=C1)c1ccccc1. The molecule has 0 aromatic heterocycles. The average Bonchev–Trinajstić information content (AvgIpc) is 2.76. The molecular weight excluding hydrogens is 242 g/mol. The van der Waals surface area contributed by atoms with Crippen LogP contribution in [0.4, 0.5) is 0 Å². The van der Waals surface area contributed by atoms with Gasteiger partial charge in [-0.2, -0.15) is 0 Å². The van der Waals surface area contributed by atoms with Gasteiger partial charge in [0.15, 0.2) is 0 Å². The molecular formula is C15H18NTi.